The first kappa shape index (κ1) is 27.9. The molecule has 1 amide bonds. The highest BCUT2D eigenvalue weighted by Crippen LogP contribution is 2.33. The van der Waals surface area contributed by atoms with E-state index < -0.39 is 35.2 Å². The van der Waals surface area contributed by atoms with Gasteiger partial charge in [0, 0.05) is 25.6 Å². The first-order chi connectivity index (χ1) is 17.1. The van der Waals surface area contributed by atoms with Crippen LogP contribution in [0.5, 0.6) is 11.5 Å². The highest BCUT2D eigenvalue weighted by atomic mass is 19.1. The quantitative estimate of drug-likeness (QED) is 0.252. The van der Waals surface area contributed by atoms with Gasteiger partial charge < -0.3 is 25.6 Å². The predicted octanol–water partition coefficient (Wildman–Crippen LogP) is 4.53. The molecule has 0 spiro atoms. The van der Waals surface area contributed by atoms with Gasteiger partial charge in [-0.2, -0.15) is 0 Å². The van der Waals surface area contributed by atoms with E-state index in [2.05, 4.69) is 5.32 Å². The van der Waals surface area contributed by atoms with Crippen LogP contribution < -0.4 is 15.8 Å². The number of ether oxygens (including phenoxy) is 2. The highest BCUT2D eigenvalue weighted by Gasteiger charge is 2.30. The van der Waals surface area contributed by atoms with Gasteiger partial charge in [-0.1, -0.05) is 42.5 Å². The maximum Gasteiger partial charge on any atom is 0.300 e. The number of benzene rings is 3. The second kappa shape index (κ2) is 13.5. The van der Waals surface area contributed by atoms with E-state index in [9.17, 15) is 9.18 Å². The molecular weight excluding hydrogens is 472 g/mol. The minimum absolute atomic E-state index is 0.0635. The third-order valence-electron chi connectivity index (χ3n) is 4.63. The maximum absolute atomic E-state index is 15.2. The zero-order valence-corrected chi connectivity index (χ0v) is 19.8. The summed E-state index contributed by atoms with van der Waals surface area (Å²) in [7, 11) is 0. The largest absolute Gasteiger partial charge is 0.481 e. The number of carboxylic acids is 1. The summed E-state index contributed by atoms with van der Waals surface area (Å²) in [5, 5.41) is 17.5. The topological polar surface area (TPSA) is 135 Å². The Morgan fingerprint density at radius 2 is 1.67 bits per heavy atom. The van der Waals surface area contributed by atoms with Crippen molar-refractivity contribution in [1.29, 1.82) is 5.41 Å². The van der Waals surface area contributed by atoms with Gasteiger partial charge in [-0.05, 0) is 36.8 Å². The fourth-order valence-electron chi connectivity index (χ4n) is 3.02. The number of carboxylic acid groups (broad SMARTS) is 1. The van der Waals surface area contributed by atoms with Gasteiger partial charge in [0.15, 0.2) is 17.7 Å². The Labute approximate surface area is 207 Å². The van der Waals surface area contributed by atoms with Crippen molar-refractivity contribution in [2.75, 3.05) is 6.61 Å². The van der Waals surface area contributed by atoms with Crippen LogP contribution in [0.2, 0.25) is 0 Å². The van der Waals surface area contributed by atoms with Crippen LogP contribution in [0.3, 0.4) is 0 Å². The van der Waals surface area contributed by atoms with Gasteiger partial charge in [-0.25, -0.2) is 8.78 Å². The Morgan fingerprint density at radius 3 is 2.22 bits per heavy atom. The molecule has 36 heavy (non-hydrogen) atoms. The van der Waals surface area contributed by atoms with Crippen LogP contribution in [0.25, 0.3) is 0 Å². The lowest BCUT2D eigenvalue weighted by atomic mass is 10.1. The zero-order valence-electron chi connectivity index (χ0n) is 19.8. The molecule has 1 unspecified atom stereocenters. The van der Waals surface area contributed by atoms with Crippen LogP contribution in [0.4, 0.5) is 8.78 Å². The van der Waals surface area contributed by atoms with Gasteiger partial charge in [0.1, 0.15) is 17.4 Å². The summed E-state index contributed by atoms with van der Waals surface area (Å²) >= 11 is 0. The number of halogens is 2. The molecule has 3 rings (SSSR count). The normalized spacial score (nSPS) is 11.0. The highest BCUT2D eigenvalue weighted by molar-refractivity contribution is 5.94. The summed E-state index contributed by atoms with van der Waals surface area (Å²) in [5.41, 5.74) is 6.18. The van der Waals surface area contributed by atoms with Crippen LogP contribution in [-0.2, 0) is 20.9 Å². The summed E-state index contributed by atoms with van der Waals surface area (Å²) in [6.45, 7) is 2.87. The molecule has 0 aliphatic carbocycles. The Bertz CT molecular complexity index is 1180. The first-order valence-electron chi connectivity index (χ1n) is 10.9. The lowest BCUT2D eigenvalue weighted by molar-refractivity contribution is -0.134. The summed E-state index contributed by atoms with van der Waals surface area (Å²) in [6.07, 6.45) is -1.50. The van der Waals surface area contributed by atoms with Crippen molar-refractivity contribution in [2.45, 2.75) is 26.5 Å². The van der Waals surface area contributed by atoms with Crippen LogP contribution in [0, 0.1) is 17.0 Å². The van der Waals surface area contributed by atoms with E-state index in [0.29, 0.717) is 11.3 Å². The number of hydrogen-bond acceptors (Lipinski definition) is 5. The molecule has 0 aromatic heterocycles. The lowest BCUT2D eigenvalue weighted by Crippen LogP contribution is -2.31. The second-order valence-corrected chi connectivity index (χ2v) is 7.37. The molecule has 0 aliphatic heterocycles. The maximum atomic E-state index is 15.2. The number of amides is 1. The van der Waals surface area contributed by atoms with E-state index >= 15 is 4.39 Å². The van der Waals surface area contributed by atoms with E-state index in [4.69, 9.17) is 30.5 Å². The summed E-state index contributed by atoms with van der Waals surface area (Å²) in [6, 6.07) is 17.4. The molecule has 0 radical (unpaired) electrons. The molecule has 0 fully saturated rings. The molecule has 3 aromatic carbocycles. The van der Waals surface area contributed by atoms with Gasteiger partial charge in [-0.3, -0.25) is 15.0 Å². The number of carbonyl (C=O) groups is 2. The molecule has 0 aliphatic rings. The Kier molecular flexibility index (Phi) is 10.5. The van der Waals surface area contributed by atoms with Gasteiger partial charge in [0.25, 0.3) is 11.9 Å². The Morgan fingerprint density at radius 1 is 1.06 bits per heavy atom. The Balaban J connectivity index is 0.00000106. The van der Waals surface area contributed by atoms with Crippen molar-refractivity contribution < 1.29 is 33.0 Å². The molecule has 10 heteroatoms. The third-order valence-corrected chi connectivity index (χ3v) is 4.63. The molecule has 0 bridgehead atoms. The number of amidine groups is 1. The van der Waals surface area contributed by atoms with Crippen molar-refractivity contribution >= 4 is 17.7 Å². The minimum atomic E-state index is -1.50. The lowest BCUT2D eigenvalue weighted by Gasteiger charge is -2.20. The van der Waals surface area contributed by atoms with Crippen molar-refractivity contribution in [2.24, 2.45) is 5.73 Å². The number of rotatable bonds is 9. The molecule has 3 aromatic rings. The molecule has 5 N–H and O–H groups in total. The van der Waals surface area contributed by atoms with E-state index in [1.54, 1.807) is 61.5 Å². The number of carbonyl (C=O) groups excluding carboxylic acids is 1. The number of para-hydroxylation sites is 1. The molecule has 190 valence electrons. The van der Waals surface area contributed by atoms with Gasteiger partial charge >= 0.3 is 0 Å². The number of nitrogens with two attached hydrogens (primary N) is 1. The number of aliphatic carboxylic acids is 1. The average Bonchev–Trinajstić information content (AvgIpc) is 2.84. The van der Waals surface area contributed by atoms with Crippen LogP contribution in [0.1, 0.15) is 36.6 Å². The minimum Gasteiger partial charge on any atom is -0.481 e. The first-order valence-corrected chi connectivity index (χ1v) is 10.9. The molecular formula is C26H27F2N3O5. The second-order valence-electron chi connectivity index (χ2n) is 7.37. The predicted molar refractivity (Wildman–Crippen MR) is 130 cm³/mol. The molecule has 0 saturated carbocycles. The smallest absolute Gasteiger partial charge is 0.300 e. The fraction of sp³-hybridized carbons (Fsp3) is 0.192. The fourth-order valence-corrected chi connectivity index (χ4v) is 3.02. The zero-order chi connectivity index (χ0) is 26.7. The van der Waals surface area contributed by atoms with E-state index in [1.165, 1.54) is 6.07 Å². The molecule has 0 heterocycles. The van der Waals surface area contributed by atoms with E-state index in [0.717, 1.165) is 18.6 Å². The number of nitrogens with one attached hydrogen (secondary N) is 2. The average molecular weight is 500 g/mol. The van der Waals surface area contributed by atoms with Crippen molar-refractivity contribution in [3.05, 3.63) is 95.1 Å². The standard InChI is InChI=1S/C24H23F2N3O3.C2H4O2/c1-2-31-22(24(30)29-14-15-8-10-16(11-9-15)23(27)28)20-18(25)12-13-19(21(20)26)32-17-6-4-3-5-7-17;1-2(3)4/h3-13,22H,2,14H2,1H3,(H3,27,28)(H,29,30);1H3,(H,3,4). The molecule has 0 saturated heterocycles. The SMILES string of the molecule is CC(=O)O.CCOC(C(=O)NCc1ccc(C(=N)N)cc1)c1c(F)ccc(Oc2ccccc2)c1F. The van der Waals surface area contributed by atoms with E-state index in [-0.39, 0.29) is 24.7 Å². The van der Waals surface area contributed by atoms with Gasteiger partial charge in [-0.15, -0.1) is 0 Å². The molecule has 8 nitrogen and oxygen atoms in total. The van der Waals surface area contributed by atoms with Crippen molar-refractivity contribution in [3.63, 3.8) is 0 Å². The van der Waals surface area contributed by atoms with Crippen LogP contribution in [-0.4, -0.2) is 29.4 Å². The van der Waals surface area contributed by atoms with Gasteiger partial charge in [0.2, 0.25) is 0 Å². The summed E-state index contributed by atoms with van der Waals surface area (Å²) in [5.74, 6) is -3.37. The number of hydrogen-bond donors (Lipinski definition) is 4. The Hall–Kier alpha value is -4.31. The van der Waals surface area contributed by atoms with Crippen molar-refractivity contribution in [1.82, 2.24) is 5.32 Å². The number of nitrogen functional groups attached to an aromatic ring is 1. The van der Waals surface area contributed by atoms with Crippen molar-refractivity contribution in [3.8, 4) is 11.5 Å². The summed E-state index contributed by atoms with van der Waals surface area (Å²) in [4.78, 5) is 21.8. The van der Waals surface area contributed by atoms with E-state index in [1.807, 2.05) is 0 Å². The van der Waals surface area contributed by atoms with Crippen LogP contribution in [0.15, 0.2) is 66.7 Å². The summed E-state index contributed by atoms with van der Waals surface area (Å²) < 4.78 is 40.7. The monoisotopic (exact) mass is 499 g/mol. The third kappa shape index (κ3) is 8.17. The van der Waals surface area contributed by atoms with Crippen LogP contribution >= 0.6 is 0 Å². The van der Waals surface area contributed by atoms with Gasteiger partial charge in [0.05, 0.1) is 5.56 Å². The molecule has 1 atom stereocenters.